The molecule has 0 aliphatic carbocycles. The van der Waals surface area contributed by atoms with E-state index in [9.17, 15) is 4.79 Å². The van der Waals surface area contributed by atoms with E-state index in [0.29, 0.717) is 11.4 Å². The van der Waals surface area contributed by atoms with Gasteiger partial charge in [0.15, 0.2) is 0 Å². The molecule has 2 rings (SSSR count). The predicted molar refractivity (Wildman–Crippen MR) is 62.8 cm³/mol. The van der Waals surface area contributed by atoms with Crippen LogP contribution in [0.2, 0.25) is 0 Å². The first-order chi connectivity index (χ1) is 7.59. The maximum absolute atomic E-state index is 11.1. The molecule has 0 aliphatic rings. The van der Waals surface area contributed by atoms with Gasteiger partial charge < -0.3 is 5.11 Å². The second kappa shape index (κ2) is 3.93. The topological polar surface area (TPSA) is 50.2 Å². The van der Waals surface area contributed by atoms with E-state index < -0.39 is 5.97 Å². The van der Waals surface area contributed by atoms with Crippen molar-refractivity contribution in [2.24, 2.45) is 0 Å². The van der Waals surface area contributed by atoms with E-state index >= 15 is 0 Å². The summed E-state index contributed by atoms with van der Waals surface area (Å²) < 4.78 is 0. The van der Waals surface area contributed by atoms with Crippen molar-refractivity contribution in [1.82, 2.24) is 4.98 Å². The fraction of sp³-hybridized carbons (Fsp3) is 0.231. The Labute approximate surface area is 93.7 Å². The summed E-state index contributed by atoms with van der Waals surface area (Å²) in [6.45, 7) is 4.09. The van der Waals surface area contributed by atoms with Crippen molar-refractivity contribution in [3.8, 4) is 0 Å². The van der Waals surface area contributed by atoms with Crippen molar-refractivity contribution < 1.29 is 9.90 Å². The Morgan fingerprint density at radius 1 is 1.38 bits per heavy atom. The van der Waals surface area contributed by atoms with Crippen molar-refractivity contribution in [2.75, 3.05) is 0 Å². The SMILES string of the molecule is CC(C)c1cc(C(=O)O)c2ncccc2c1. The van der Waals surface area contributed by atoms with Crippen LogP contribution >= 0.6 is 0 Å². The van der Waals surface area contributed by atoms with Crippen LogP contribution in [0.4, 0.5) is 0 Å². The number of carboxylic acid groups (broad SMARTS) is 1. The Balaban J connectivity index is 2.79. The lowest BCUT2D eigenvalue weighted by Crippen LogP contribution is -2.01. The summed E-state index contributed by atoms with van der Waals surface area (Å²) in [5.74, 6) is -0.617. The third kappa shape index (κ3) is 1.76. The summed E-state index contributed by atoms with van der Waals surface area (Å²) in [5.41, 5.74) is 1.86. The van der Waals surface area contributed by atoms with Gasteiger partial charge in [-0.1, -0.05) is 19.9 Å². The molecular weight excluding hydrogens is 202 g/mol. The lowest BCUT2D eigenvalue weighted by atomic mass is 9.97. The molecule has 0 atom stereocenters. The summed E-state index contributed by atoms with van der Waals surface area (Å²) in [5, 5.41) is 10.0. The molecule has 0 fully saturated rings. The minimum absolute atomic E-state index is 0.279. The fourth-order valence-corrected chi connectivity index (χ4v) is 1.71. The average molecular weight is 215 g/mol. The molecule has 1 N–H and O–H groups in total. The van der Waals surface area contributed by atoms with Crippen LogP contribution in [0.3, 0.4) is 0 Å². The molecule has 0 saturated carbocycles. The van der Waals surface area contributed by atoms with Crippen LogP contribution in [-0.2, 0) is 0 Å². The molecule has 82 valence electrons. The first-order valence-corrected chi connectivity index (χ1v) is 5.21. The van der Waals surface area contributed by atoms with E-state index in [1.165, 1.54) is 0 Å². The fourth-order valence-electron chi connectivity index (χ4n) is 1.71. The Morgan fingerprint density at radius 3 is 2.75 bits per heavy atom. The molecular formula is C13H13NO2. The van der Waals surface area contributed by atoms with Gasteiger partial charge in [0.2, 0.25) is 0 Å². The number of pyridine rings is 1. The van der Waals surface area contributed by atoms with E-state index in [2.05, 4.69) is 4.98 Å². The van der Waals surface area contributed by atoms with Crippen molar-refractivity contribution in [3.63, 3.8) is 0 Å². The Kier molecular flexibility index (Phi) is 2.60. The first-order valence-electron chi connectivity index (χ1n) is 5.21. The van der Waals surface area contributed by atoms with E-state index in [1.54, 1.807) is 12.3 Å². The molecule has 0 aliphatic heterocycles. The molecule has 1 aromatic carbocycles. The van der Waals surface area contributed by atoms with Crippen molar-refractivity contribution in [1.29, 1.82) is 0 Å². The predicted octanol–water partition coefficient (Wildman–Crippen LogP) is 3.06. The smallest absolute Gasteiger partial charge is 0.337 e. The monoisotopic (exact) mass is 215 g/mol. The van der Waals surface area contributed by atoms with Gasteiger partial charge in [0, 0.05) is 11.6 Å². The van der Waals surface area contributed by atoms with Crippen LogP contribution < -0.4 is 0 Å². The van der Waals surface area contributed by atoms with Gasteiger partial charge in [-0.3, -0.25) is 4.98 Å². The third-order valence-electron chi connectivity index (χ3n) is 2.62. The zero-order valence-corrected chi connectivity index (χ0v) is 9.27. The summed E-state index contributed by atoms with van der Waals surface area (Å²) in [6.07, 6.45) is 1.61. The Morgan fingerprint density at radius 2 is 2.12 bits per heavy atom. The lowest BCUT2D eigenvalue weighted by molar-refractivity contribution is 0.0698. The molecule has 1 aromatic heterocycles. The maximum atomic E-state index is 11.1. The van der Waals surface area contributed by atoms with Crippen LogP contribution in [0.15, 0.2) is 30.5 Å². The van der Waals surface area contributed by atoms with E-state index in [1.807, 2.05) is 32.0 Å². The number of carbonyl (C=O) groups is 1. The summed E-state index contributed by atoms with van der Waals surface area (Å²) >= 11 is 0. The van der Waals surface area contributed by atoms with Crippen LogP contribution in [0, 0.1) is 0 Å². The summed E-state index contributed by atoms with van der Waals surface area (Å²) in [7, 11) is 0. The highest BCUT2D eigenvalue weighted by Crippen LogP contribution is 2.23. The Hall–Kier alpha value is -1.90. The van der Waals surface area contributed by atoms with Gasteiger partial charge in [-0.2, -0.15) is 0 Å². The van der Waals surface area contributed by atoms with Gasteiger partial charge in [-0.15, -0.1) is 0 Å². The number of rotatable bonds is 2. The molecule has 0 radical (unpaired) electrons. The number of fused-ring (bicyclic) bond motifs is 1. The van der Waals surface area contributed by atoms with Gasteiger partial charge in [-0.05, 0) is 29.7 Å². The molecule has 3 heteroatoms. The largest absolute Gasteiger partial charge is 0.478 e. The summed E-state index contributed by atoms with van der Waals surface area (Å²) in [6, 6.07) is 7.42. The molecule has 0 bridgehead atoms. The van der Waals surface area contributed by atoms with Crippen LogP contribution in [0.25, 0.3) is 10.9 Å². The van der Waals surface area contributed by atoms with Gasteiger partial charge in [-0.25, -0.2) is 4.79 Å². The maximum Gasteiger partial charge on any atom is 0.337 e. The standard InChI is InChI=1S/C13H13NO2/c1-8(2)10-6-9-4-3-5-14-12(9)11(7-10)13(15)16/h3-8H,1-2H3,(H,15,16). The highest BCUT2D eigenvalue weighted by molar-refractivity contribution is 6.02. The van der Waals surface area contributed by atoms with Crippen molar-refractivity contribution in [3.05, 3.63) is 41.6 Å². The third-order valence-corrected chi connectivity index (χ3v) is 2.62. The van der Waals surface area contributed by atoms with E-state index in [4.69, 9.17) is 5.11 Å². The van der Waals surface area contributed by atoms with Gasteiger partial charge >= 0.3 is 5.97 Å². The number of aromatic nitrogens is 1. The van der Waals surface area contributed by atoms with Crippen molar-refractivity contribution in [2.45, 2.75) is 19.8 Å². The highest BCUT2D eigenvalue weighted by atomic mass is 16.4. The normalized spacial score (nSPS) is 10.9. The zero-order valence-electron chi connectivity index (χ0n) is 9.27. The van der Waals surface area contributed by atoms with Gasteiger partial charge in [0.25, 0.3) is 0 Å². The van der Waals surface area contributed by atoms with Gasteiger partial charge in [0.1, 0.15) is 0 Å². The number of nitrogens with zero attached hydrogens (tertiary/aromatic N) is 1. The molecule has 0 saturated heterocycles. The highest BCUT2D eigenvalue weighted by Gasteiger charge is 2.12. The Bertz CT molecular complexity index is 547. The van der Waals surface area contributed by atoms with E-state index in [0.717, 1.165) is 10.9 Å². The summed E-state index contributed by atoms with van der Waals surface area (Å²) in [4.78, 5) is 15.3. The zero-order chi connectivity index (χ0) is 11.7. The second-order valence-electron chi connectivity index (χ2n) is 4.10. The molecule has 16 heavy (non-hydrogen) atoms. The quantitative estimate of drug-likeness (QED) is 0.837. The van der Waals surface area contributed by atoms with E-state index in [-0.39, 0.29) is 5.56 Å². The first kappa shape index (κ1) is 10.6. The molecule has 0 amide bonds. The van der Waals surface area contributed by atoms with Crippen LogP contribution in [0.1, 0.15) is 35.7 Å². The number of hydrogen-bond donors (Lipinski definition) is 1. The second-order valence-corrected chi connectivity index (χ2v) is 4.10. The van der Waals surface area contributed by atoms with Crippen LogP contribution in [-0.4, -0.2) is 16.1 Å². The number of carboxylic acids is 1. The molecule has 0 unspecified atom stereocenters. The molecule has 3 nitrogen and oxygen atoms in total. The molecule has 2 aromatic rings. The number of benzene rings is 1. The molecule has 1 heterocycles. The van der Waals surface area contributed by atoms with Crippen molar-refractivity contribution >= 4 is 16.9 Å². The minimum Gasteiger partial charge on any atom is -0.478 e. The van der Waals surface area contributed by atoms with Gasteiger partial charge in [0.05, 0.1) is 11.1 Å². The lowest BCUT2D eigenvalue weighted by Gasteiger charge is -2.09. The van der Waals surface area contributed by atoms with Crippen LogP contribution in [0.5, 0.6) is 0 Å². The number of hydrogen-bond acceptors (Lipinski definition) is 2. The molecule has 0 spiro atoms. The minimum atomic E-state index is -0.925. The average Bonchev–Trinajstić information content (AvgIpc) is 2.27. The number of aromatic carboxylic acids is 1.